The number of benzene rings is 1. The molecule has 0 spiro atoms. The molecule has 0 unspecified atom stereocenters. The summed E-state index contributed by atoms with van der Waals surface area (Å²) in [6.07, 6.45) is 1.94. The molecule has 0 aliphatic rings. The first-order chi connectivity index (χ1) is 10.1. The minimum Gasteiger partial charge on any atom is -0.296 e. The van der Waals surface area contributed by atoms with Crippen molar-refractivity contribution < 1.29 is 8.91 Å². The van der Waals surface area contributed by atoms with E-state index in [9.17, 15) is 9.18 Å². The Hall–Kier alpha value is -2.77. The fraction of sp³-hybridized carbons (Fsp3) is 0.231. The summed E-state index contributed by atoms with van der Waals surface area (Å²) in [7, 11) is 1.69. The molecule has 0 saturated heterocycles. The van der Waals surface area contributed by atoms with Crippen LogP contribution in [0.3, 0.4) is 0 Å². The van der Waals surface area contributed by atoms with Crippen molar-refractivity contribution in [2.24, 2.45) is 7.05 Å². The Kier molecular flexibility index (Phi) is 3.35. The van der Waals surface area contributed by atoms with E-state index < -0.39 is 5.76 Å². The lowest BCUT2D eigenvalue weighted by molar-refractivity contribution is 0.375. The van der Waals surface area contributed by atoms with Crippen LogP contribution < -0.4 is 5.76 Å². The third-order valence-electron chi connectivity index (χ3n) is 3.00. The summed E-state index contributed by atoms with van der Waals surface area (Å²) < 4.78 is 19.0. The molecule has 7 nitrogen and oxygen atoms in total. The zero-order chi connectivity index (χ0) is 14.8. The number of aryl methyl sites for hydroxylation is 1. The molecule has 0 fully saturated rings. The van der Waals surface area contributed by atoms with Crippen LogP contribution in [-0.4, -0.2) is 24.7 Å². The summed E-state index contributed by atoms with van der Waals surface area (Å²) in [6, 6.07) is 6.00. The van der Waals surface area contributed by atoms with E-state index in [0.717, 1.165) is 5.56 Å². The maximum atomic E-state index is 12.9. The summed E-state index contributed by atoms with van der Waals surface area (Å²) in [5.74, 6) is -0.411. The second-order valence-corrected chi connectivity index (χ2v) is 4.58. The van der Waals surface area contributed by atoms with Crippen LogP contribution in [0.25, 0.3) is 0 Å². The quantitative estimate of drug-likeness (QED) is 0.708. The minimum absolute atomic E-state index is 0.229. The lowest BCUT2D eigenvalue weighted by Gasteiger charge is -2.02. The molecule has 0 atom stereocenters. The van der Waals surface area contributed by atoms with Crippen molar-refractivity contribution in [3.05, 3.63) is 63.9 Å². The van der Waals surface area contributed by atoms with Crippen LogP contribution in [0.15, 0.2) is 39.8 Å². The molecule has 0 amide bonds. The molecule has 0 N–H and O–H groups in total. The van der Waals surface area contributed by atoms with Gasteiger partial charge in [0.15, 0.2) is 5.82 Å². The van der Waals surface area contributed by atoms with Gasteiger partial charge in [-0.2, -0.15) is 15.0 Å². The molecular formula is C13H12FN5O2. The summed E-state index contributed by atoms with van der Waals surface area (Å²) in [4.78, 5) is 13.1. The molecule has 0 radical (unpaired) electrons. The Balaban J connectivity index is 1.86. The SMILES string of the molecule is Cn1ncc(Cn2c(Cc3ccc(F)cc3)noc2=O)n1. The highest BCUT2D eigenvalue weighted by molar-refractivity contribution is 5.19. The number of hydrogen-bond donors (Lipinski definition) is 0. The zero-order valence-electron chi connectivity index (χ0n) is 11.2. The van der Waals surface area contributed by atoms with Crippen molar-refractivity contribution in [2.75, 3.05) is 0 Å². The van der Waals surface area contributed by atoms with E-state index >= 15 is 0 Å². The first kappa shape index (κ1) is 13.2. The molecule has 1 aromatic carbocycles. The fourth-order valence-electron chi connectivity index (χ4n) is 1.99. The van der Waals surface area contributed by atoms with Crippen LogP contribution in [0, 0.1) is 5.82 Å². The van der Waals surface area contributed by atoms with Crippen molar-refractivity contribution in [3.8, 4) is 0 Å². The van der Waals surface area contributed by atoms with Gasteiger partial charge in [0, 0.05) is 13.5 Å². The third kappa shape index (κ3) is 2.88. The van der Waals surface area contributed by atoms with Crippen molar-refractivity contribution >= 4 is 0 Å². The largest absolute Gasteiger partial charge is 0.441 e. The van der Waals surface area contributed by atoms with Crippen LogP contribution in [0.1, 0.15) is 17.1 Å². The fourth-order valence-corrected chi connectivity index (χ4v) is 1.99. The summed E-state index contributed by atoms with van der Waals surface area (Å²) in [5, 5.41) is 11.8. The Morgan fingerprint density at radius 2 is 2.05 bits per heavy atom. The van der Waals surface area contributed by atoms with Gasteiger partial charge >= 0.3 is 5.76 Å². The molecule has 3 aromatic rings. The lowest BCUT2D eigenvalue weighted by atomic mass is 10.1. The van der Waals surface area contributed by atoms with Gasteiger partial charge in [-0.15, -0.1) is 0 Å². The van der Waals surface area contributed by atoms with Crippen molar-refractivity contribution in [3.63, 3.8) is 0 Å². The maximum absolute atomic E-state index is 12.9. The predicted molar refractivity (Wildman–Crippen MR) is 70.1 cm³/mol. The van der Waals surface area contributed by atoms with Crippen LogP contribution in [0.5, 0.6) is 0 Å². The second-order valence-electron chi connectivity index (χ2n) is 4.58. The lowest BCUT2D eigenvalue weighted by Crippen LogP contribution is -2.18. The smallest absolute Gasteiger partial charge is 0.296 e. The second kappa shape index (κ2) is 5.31. The molecular weight excluding hydrogens is 277 g/mol. The van der Waals surface area contributed by atoms with Crippen molar-refractivity contribution in [1.29, 1.82) is 0 Å². The molecule has 0 aliphatic heterocycles. The van der Waals surface area contributed by atoms with Gasteiger partial charge in [0.25, 0.3) is 0 Å². The Morgan fingerprint density at radius 3 is 2.71 bits per heavy atom. The van der Waals surface area contributed by atoms with Crippen molar-refractivity contribution in [1.82, 2.24) is 24.7 Å². The molecule has 0 bridgehead atoms. The Morgan fingerprint density at radius 1 is 1.29 bits per heavy atom. The molecule has 8 heteroatoms. The topological polar surface area (TPSA) is 78.7 Å². The Bertz CT molecular complexity index is 803. The van der Waals surface area contributed by atoms with E-state index in [1.54, 1.807) is 25.4 Å². The first-order valence-corrected chi connectivity index (χ1v) is 6.27. The molecule has 21 heavy (non-hydrogen) atoms. The Labute approximate surface area is 118 Å². The number of halogens is 1. The third-order valence-corrected chi connectivity index (χ3v) is 3.00. The van der Waals surface area contributed by atoms with E-state index in [0.29, 0.717) is 17.9 Å². The molecule has 3 rings (SSSR count). The number of rotatable bonds is 4. The predicted octanol–water partition coefficient (Wildman–Crippen LogP) is 0.743. The van der Waals surface area contributed by atoms with Gasteiger partial charge in [0.2, 0.25) is 0 Å². The zero-order valence-corrected chi connectivity index (χ0v) is 11.2. The standard InChI is InChI=1S/C13H12FN5O2/c1-18-15-7-11(16-18)8-19-12(17-21-13(19)20)6-9-2-4-10(14)5-3-9/h2-5,7H,6,8H2,1H3. The van der Waals surface area contributed by atoms with E-state index in [1.807, 2.05) is 0 Å². The van der Waals surface area contributed by atoms with E-state index in [1.165, 1.54) is 21.5 Å². The average molecular weight is 289 g/mol. The van der Waals surface area contributed by atoms with E-state index in [2.05, 4.69) is 15.4 Å². The summed E-state index contributed by atoms with van der Waals surface area (Å²) >= 11 is 0. The van der Waals surface area contributed by atoms with Crippen molar-refractivity contribution in [2.45, 2.75) is 13.0 Å². The molecule has 108 valence electrons. The van der Waals surface area contributed by atoms with Crippen LogP contribution in [0.4, 0.5) is 4.39 Å². The average Bonchev–Trinajstić information content (AvgIpc) is 3.02. The molecule has 0 aliphatic carbocycles. The molecule has 2 heterocycles. The van der Waals surface area contributed by atoms with Crippen LogP contribution in [-0.2, 0) is 20.0 Å². The van der Waals surface area contributed by atoms with E-state index in [-0.39, 0.29) is 12.4 Å². The van der Waals surface area contributed by atoms with Gasteiger partial charge in [-0.3, -0.25) is 9.09 Å². The summed E-state index contributed by atoms with van der Waals surface area (Å²) in [5.41, 5.74) is 1.46. The monoisotopic (exact) mass is 289 g/mol. The molecule has 0 saturated carbocycles. The number of nitrogens with zero attached hydrogens (tertiary/aromatic N) is 5. The van der Waals surface area contributed by atoms with Gasteiger partial charge in [0.05, 0.1) is 12.7 Å². The van der Waals surface area contributed by atoms with E-state index in [4.69, 9.17) is 4.52 Å². The first-order valence-electron chi connectivity index (χ1n) is 6.27. The van der Waals surface area contributed by atoms with Crippen LogP contribution >= 0.6 is 0 Å². The minimum atomic E-state index is -0.558. The van der Waals surface area contributed by atoms with Gasteiger partial charge < -0.3 is 0 Å². The normalized spacial score (nSPS) is 11.0. The van der Waals surface area contributed by atoms with Gasteiger partial charge in [-0.25, -0.2) is 9.18 Å². The molecule has 2 aromatic heterocycles. The maximum Gasteiger partial charge on any atom is 0.441 e. The van der Waals surface area contributed by atoms with Gasteiger partial charge in [-0.05, 0) is 17.7 Å². The highest BCUT2D eigenvalue weighted by Gasteiger charge is 2.13. The van der Waals surface area contributed by atoms with Gasteiger partial charge in [-0.1, -0.05) is 17.3 Å². The number of aromatic nitrogens is 5. The van der Waals surface area contributed by atoms with Gasteiger partial charge in [0.1, 0.15) is 11.5 Å². The number of hydrogen-bond acceptors (Lipinski definition) is 5. The highest BCUT2D eigenvalue weighted by atomic mass is 19.1. The highest BCUT2D eigenvalue weighted by Crippen LogP contribution is 2.09. The summed E-state index contributed by atoms with van der Waals surface area (Å²) in [6.45, 7) is 0.229. The van der Waals surface area contributed by atoms with Crippen LogP contribution in [0.2, 0.25) is 0 Å².